The number of hydrogen-bond acceptors (Lipinski definition) is 5. The zero-order valence-electron chi connectivity index (χ0n) is 13.0. The van der Waals surface area contributed by atoms with Crippen LogP contribution in [0.4, 0.5) is 5.82 Å². The van der Waals surface area contributed by atoms with Crippen LogP contribution in [0.25, 0.3) is 0 Å². The Labute approximate surface area is 121 Å². The Balaban J connectivity index is 2.25. The Morgan fingerprint density at radius 1 is 1.35 bits per heavy atom. The summed E-state index contributed by atoms with van der Waals surface area (Å²) in [5, 5.41) is 17.8. The highest BCUT2D eigenvalue weighted by molar-refractivity contribution is 5.57. The van der Waals surface area contributed by atoms with Crippen molar-refractivity contribution in [3.05, 3.63) is 16.8 Å². The summed E-state index contributed by atoms with van der Waals surface area (Å²) in [4.78, 5) is 4.59. The molecule has 1 unspecified atom stereocenters. The largest absolute Gasteiger partial charge is 0.353 e. The molecule has 0 bridgehead atoms. The van der Waals surface area contributed by atoms with Crippen molar-refractivity contribution in [3.63, 3.8) is 0 Å². The quantitative estimate of drug-likeness (QED) is 0.841. The molecule has 108 valence electrons. The molecule has 0 aliphatic carbocycles. The molecule has 1 aliphatic heterocycles. The highest BCUT2D eigenvalue weighted by atomic mass is 15.3. The van der Waals surface area contributed by atoms with Gasteiger partial charge in [-0.2, -0.15) is 10.4 Å². The molecular formula is C15H23N5. The van der Waals surface area contributed by atoms with Gasteiger partial charge in [-0.05, 0) is 39.7 Å². The van der Waals surface area contributed by atoms with Crippen molar-refractivity contribution in [2.24, 2.45) is 0 Å². The van der Waals surface area contributed by atoms with Crippen LogP contribution in [-0.4, -0.2) is 47.3 Å². The van der Waals surface area contributed by atoms with Gasteiger partial charge in [-0.1, -0.05) is 0 Å². The van der Waals surface area contributed by atoms with E-state index in [9.17, 15) is 5.26 Å². The lowest BCUT2D eigenvalue weighted by atomic mass is 10.1. The number of aromatic nitrogens is 2. The number of aryl methyl sites for hydroxylation is 1. The highest BCUT2D eigenvalue weighted by Crippen LogP contribution is 2.25. The molecule has 0 saturated carbocycles. The van der Waals surface area contributed by atoms with Crippen molar-refractivity contribution in [3.8, 4) is 6.07 Å². The highest BCUT2D eigenvalue weighted by Gasteiger charge is 2.29. The normalized spacial score (nSPS) is 19.4. The lowest BCUT2D eigenvalue weighted by Crippen LogP contribution is -2.37. The molecule has 1 aliphatic rings. The summed E-state index contributed by atoms with van der Waals surface area (Å²) in [6.45, 7) is 10.4. The van der Waals surface area contributed by atoms with E-state index in [1.807, 2.05) is 20.9 Å². The molecule has 1 atom stereocenters. The van der Waals surface area contributed by atoms with Crippen molar-refractivity contribution in [1.82, 2.24) is 15.1 Å². The van der Waals surface area contributed by atoms with Crippen molar-refractivity contribution in [2.45, 2.75) is 46.2 Å². The van der Waals surface area contributed by atoms with E-state index in [1.54, 1.807) is 0 Å². The van der Waals surface area contributed by atoms with Crippen molar-refractivity contribution >= 4 is 5.82 Å². The van der Waals surface area contributed by atoms with Crippen LogP contribution in [0, 0.1) is 25.2 Å². The van der Waals surface area contributed by atoms with E-state index >= 15 is 0 Å². The van der Waals surface area contributed by atoms with Gasteiger partial charge in [0.25, 0.3) is 0 Å². The Hall–Kier alpha value is -1.67. The van der Waals surface area contributed by atoms with Crippen molar-refractivity contribution in [2.75, 3.05) is 25.0 Å². The summed E-state index contributed by atoms with van der Waals surface area (Å²) < 4.78 is 0. The van der Waals surface area contributed by atoms with Crippen molar-refractivity contribution < 1.29 is 0 Å². The number of likely N-dealkylation sites (N-methyl/N-ethyl adjacent to an activating group) is 1. The molecule has 20 heavy (non-hydrogen) atoms. The lowest BCUT2D eigenvalue weighted by Gasteiger charge is -2.27. The van der Waals surface area contributed by atoms with Gasteiger partial charge in [-0.15, -0.1) is 5.10 Å². The minimum absolute atomic E-state index is 0.404. The summed E-state index contributed by atoms with van der Waals surface area (Å²) in [6, 6.07) is 3.25. The van der Waals surface area contributed by atoms with Gasteiger partial charge in [-0.25, -0.2) is 0 Å². The molecule has 5 nitrogen and oxygen atoms in total. The Morgan fingerprint density at radius 2 is 2.05 bits per heavy atom. The van der Waals surface area contributed by atoms with Crippen LogP contribution in [0.1, 0.15) is 37.1 Å². The van der Waals surface area contributed by atoms with E-state index in [0.29, 0.717) is 23.5 Å². The summed E-state index contributed by atoms with van der Waals surface area (Å²) in [5.74, 6) is 0.714. The maximum Gasteiger partial charge on any atom is 0.169 e. The van der Waals surface area contributed by atoms with Crippen LogP contribution in [0.2, 0.25) is 0 Å². The van der Waals surface area contributed by atoms with Crippen LogP contribution >= 0.6 is 0 Å². The first-order valence-corrected chi connectivity index (χ1v) is 7.16. The predicted molar refractivity (Wildman–Crippen MR) is 79.7 cm³/mol. The van der Waals surface area contributed by atoms with E-state index in [2.05, 4.69) is 39.9 Å². The first-order valence-electron chi connectivity index (χ1n) is 7.16. The fraction of sp³-hybridized carbons (Fsp3) is 0.667. The van der Waals surface area contributed by atoms with Gasteiger partial charge in [0.2, 0.25) is 0 Å². The number of rotatable bonds is 3. The monoisotopic (exact) mass is 273 g/mol. The first kappa shape index (κ1) is 14.7. The molecule has 0 amide bonds. The van der Waals surface area contributed by atoms with E-state index in [-0.39, 0.29) is 0 Å². The first-order chi connectivity index (χ1) is 9.45. The fourth-order valence-electron chi connectivity index (χ4n) is 2.70. The SMILES string of the molecule is Cc1nnc(N(C)C2CCN(C(C)C)C2)c(C#N)c1C. The predicted octanol–water partition coefficient (Wildman–Crippen LogP) is 1.88. The molecule has 2 rings (SSSR count). The number of nitrogens with zero attached hydrogens (tertiary/aromatic N) is 5. The Kier molecular flexibility index (Phi) is 4.24. The lowest BCUT2D eigenvalue weighted by molar-refractivity contribution is 0.272. The molecule has 0 N–H and O–H groups in total. The molecule has 1 aromatic rings. The molecule has 0 radical (unpaired) electrons. The van der Waals surface area contributed by atoms with Gasteiger partial charge in [-0.3, -0.25) is 4.90 Å². The second-order valence-electron chi connectivity index (χ2n) is 5.86. The number of hydrogen-bond donors (Lipinski definition) is 0. The van der Waals surface area contributed by atoms with Crippen LogP contribution in [-0.2, 0) is 0 Å². The Bertz CT molecular complexity index is 532. The van der Waals surface area contributed by atoms with E-state index in [1.165, 1.54) is 0 Å². The van der Waals surface area contributed by atoms with Gasteiger partial charge >= 0.3 is 0 Å². The standard InChI is InChI=1S/C15H23N5/c1-10(2)20-7-6-13(9-20)19(5)15-14(8-16)11(3)12(4)17-18-15/h10,13H,6-7,9H2,1-5H3. The summed E-state index contributed by atoms with van der Waals surface area (Å²) in [6.07, 6.45) is 1.11. The van der Waals surface area contributed by atoms with Gasteiger partial charge in [0, 0.05) is 32.2 Å². The molecule has 5 heteroatoms. The van der Waals surface area contributed by atoms with Crippen LogP contribution in [0.15, 0.2) is 0 Å². The summed E-state index contributed by atoms with van der Waals surface area (Å²) in [5.41, 5.74) is 2.42. The van der Waals surface area contributed by atoms with Gasteiger partial charge in [0.15, 0.2) is 5.82 Å². The third-order valence-corrected chi connectivity index (χ3v) is 4.35. The third-order valence-electron chi connectivity index (χ3n) is 4.35. The maximum absolute atomic E-state index is 9.40. The molecule has 1 aromatic heterocycles. The van der Waals surface area contributed by atoms with Gasteiger partial charge < -0.3 is 4.90 Å². The van der Waals surface area contributed by atoms with E-state index < -0.39 is 0 Å². The fourth-order valence-corrected chi connectivity index (χ4v) is 2.70. The zero-order chi connectivity index (χ0) is 14.9. The van der Waals surface area contributed by atoms with Gasteiger partial charge in [0.05, 0.1) is 5.69 Å². The molecule has 1 fully saturated rings. The van der Waals surface area contributed by atoms with Gasteiger partial charge in [0.1, 0.15) is 11.6 Å². The third kappa shape index (κ3) is 2.61. The summed E-state index contributed by atoms with van der Waals surface area (Å²) >= 11 is 0. The second kappa shape index (κ2) is 5.76. The average molecular weight is 273 g/mol. The molecule has 1 saturated heterocycles. The number of likely N-dealkylation sites (tertiary alicyclic amines) is 1. The van der Waals surface area contributed by atoms with Crippen LogP contribution < -0.4 is 4.90 Å². The van der Waals surface area contributed by atoms with E-state index in [0.717, 1.165) is 30.8 Å². The number of anilines is 1. The average Bonchev–Trinajstić information content (AvgIpc) is 2.90. The molecular weight excluding hydrogens is 250 g/mol. The number of nitriles is 1. The second-order valence-corrected chi connectivity index (χ2v) is 5.86. The maximum atomic E-state index is 9.40. The molecule has 0 aromatic carbocycles. The zero-order valence-corrected chi connectivity index (χ0v) is 13.0. The van der Waals surface area contributed by atoms with Crippen LogP contribution in [0.3, 0.4) is 0 Å². The van der Waals surface area contributed by atoms with E-state index in [4.69, 9.17) is 0 Å². The molecule has 2 heterocycles. The smallest absolute Gasteiger partial charge is 0.169 e. The van der Waals surface area contributed by atoms with Crippen LogP contribution in [0.5, 0.6) is 0 Å². The topological polar surface area (TPSA) is 56.1 Å². The minimum Gasteiger partial charge on any atom is -0.353 e. The van der Waals surface area contributed by atoms with Crippen molar-refractivity contribution in [1.29, 1.82) is 5.26 Å². The summed E-state index contributed by atoms with van der Waals surface area (Å²) in [7, 11) is 2.02. The Morgan fingerprint density at radius 3 is 2.60 bits per heavy atom. The minimum atomic E-state index is 0.404. The molecule has 0 spiro atoms.